The number of hydrogen-bond donors (Lipinski definition) is 1. The van der Waals surface area contributed by atoms with Crippen LogP contribution in [0.25, 0.3) is 0 Å². The molecule has 0 spiro atoms. The Labute approximate surface area is 121 Å². The van der Waals surface area contributed by atoms with Crippen molar-refractivity contribution in [3.05, 3.63) is 29.8 Å². The molecule has 0 fully saturated rings. The molecule has 0 heterocycles. The molecule has 0 atom stereocenters. The van der Waals surface area contributed by atoms with Crippen molar-refractivity contribution >= 4 is 15.9 Å². The Morgan fingerprint density at radius 2 is 1.70 bits per heavy atom. The number of hydrogen-bond acceptors (Lipinski definition) is 3. The lowest BCUT2D eigenvalue weighted by molar-refractivity contribution is 0.0911. The highest BCUT2D eigenvalue weighted by Crippen LogP contribution is 2.15. The topological polar surface area (TPSA) is 66.5 Å². The molecule has 1 aromatic carbocycles. The third kappa shape index (κ3) is 3.80. The maximum Gasteiger partial charge on any atom is 0.251 e. The summed E-state index contributed by atoms with van der Waals surface area (Å²) in [5.41, 5.74) is 0.162. The normalized spacial score (nSPS) is 12.5. The summed E-state index contributed by atoms with van der Waals surface area (Å²) in [4.78, 5) is 12.2. The van der Waals surface area contributed by atoms with E-state index in [1.165, 1.54) is 38.4 Å². The summed E-state index contributed by atoms with van der Waals surface area (Å²) in [5.74, 6) is -0.203. The summed E-state index contributed by atoms with van der Waals surface area (Å²) in [5, 5.41) is 2.90. The van der Waals surface area contributed by atoms with Gasteiger partial charge in [0.1, 0.15) is 0 Å². The van der Waals surface area contributed by atoms with Gasteiger partial charge in [-0.3, -0.25) is 4.79 Å². The Kier molecular flexibility index (Phi) is 4.94. The first-order valence-corrected chi connectivity index (χ1v) is 7.89. The van der Waals surface area contributed by atoms with Gasteiger partial charge < -0.3 is 5.32 Å². The molecule has 0 aliphatic carbocycles. The molecule has 0 aromatic heterocycles. The van der Waals surface area contributed by atoms with Crippen LogP contribution in [0.5, 0.6) is 0 Å². The average molecular weight is 298 g/mol. The zero-order valence-corrected chi connectivity index (χ0v) is 13.4. The van der Waals surface area contributed by atoms with E-state index < -0.39 is 10.0 Å². The van der Waals surface area contributed by atoms with Crippen LogP contribution in [0.3, 0.4) is 0 Å². The number of carbonyl (C=O) groups excluding carboxylic acids is 1. The van der Waals surface area contributed by atoms with Gasteiger partial charge in [0.05, 0.1) is 4.90 Å². The monoisotopic (exact) mass is 298 g/mol. The fraction of sp³-hybridized carbons (Fsp3) is 0.500. The van der Waals surface area contributed by atoms with Crippen molar-refractivity contribution in [1.82, 2.24) is 9.62 Å². The van der Waals surface area contributed by atoms with Crippen molar-refractivity contribution in [2.45, 2.75) is 37.6 Å². The van der Waals surface area contributed by atoms with E-state index >= 15 is 0 Å². The molecule has 0 saturated heterocycles. The first-order chi connectivity index (χ1) is 9.10. The van der Waals surface area contributed by atoms with E-state index in [1.54, 1.807) is 0 Å². The summed E-state index contributed by atoms with van der Waals surface area (Å²) in [7, 11) is -0.514. The lowest BCUT2D eigenvalue weighted by Gasteiger charge is -2.24. The van der Waals surface area contributed by atoms with Crippen molar-refractivity contribution in [1.29, 1.82) is 0 Å². The number of benzene rings is 1. The van der Waals surface area contributed by atoms with Gasteiger partial charge in [-0.25, -0.2) is 12.7 Å². The summed E-state index contributed by atoms with van der Waals surface area (Å²) in [6, 6.07) is 5.95. The van der Waals surface area contributed by atoms with E-state index in [2.05, 4.69) is 5.32 Å². The molecule has 0 radical (unpaired) electrons. The molecule has 0 saturated carbocycles. The van der Waals surface area contributed by atoms with Crippen molar-refractivity contribution in [2.75, 3.05) is 14.1 Å². The van der Waals surface area contributed by atoms with Gasteiger partial charge in [0.25, 0.3) is 5.91 Å². The molecule has 20 heavy (non-hydrogen) atoms. The molecule has 1 rings (SSSR count). The van der Waals surface area contributed by atoms with E-state index in [-0.39, 0.29) is 16.3 Å². The SMILES string of the molecule is CCC(C)(C)NC(=O)c1ccc(S(=O)(=O)N(C)C)cc1. The van der Waals surface area contributed by atoms with Crippen molar-refractivity contribution in [3.8, 4) is 0 Å². The minimum Gasteiger partial charge on any atom is -0.347 e. The van der Waals surface area contributed by atoms with Gasteiger partial charge in [0, 0.05) is 25.2 Å². The second-order valence-electron chi connectivity index (χ2n) is 5.50. The summed E-state index contributed by atoms with van der Waals surface area (Å²) >= 11 is 0. The molecule has 0 aliphatic heterocycles. The Hall–Kier alpha value is -1.40. The van der Waals surface area contributed by atoms with E-state index in [1.807, 2.05) is 20.8 Å². The van der Waals surface area contributed by atoms with E-state index in [0.29, 0.717) is 5.56 Å². The molecular weight excluding hydrogens is 276 g/mol. The first-order valence-electron chi connectivity index (χ1n) is 6.45. The van der Waals surface area contributed by atoms with Crippen molar-refractivity contribution < 1.29 is 13.2 Å². The van der Waals surface area contributed by atoms with Crippen LogP contribution in [0.1, 0.15) is 37.6 Å². The third-order valence-corrected chi connectivity index (χ3v) is 5.06. The first kappa shape index (κ1) is 16.7. The van der Waals surface area contributed by atoms with Gasteiger partial charge in [-0.1, -0.05) is 6.92 Å². The Morgan fingerprint density at radius 3 is 2.10 bits per heavy atom. The van der Waals surface area contributed by atoms with Gasteiger partial charge in [-0.2, -0.15) is 0 Å². The fourth-order valence-corrected chi connectivity index (χ4v) is 2.36. The number of nitrogens with zero attached hydrogens (tertiary/aromatic N) is 1. The zero-order valence-electron chi connectivity index (χ0n) is 12.6. The van der Waals surface area contributed by atoms with Crippen LogP contribution in [-0.4, -0.2) is 38.3 Å². The highest BCUT2D eigenvalue weighted by molar-refractivity contribution is 7.89. The molecule has 112 valence electrons. The minimum absolute atomic E-state index is 0.175. The second-order valence-corrected chi connectivity index (χ2v) is 7.66. The summed E-state index contributed by atoms with van der Waals surface area (Å²) in [6.45, 7) is 5.87. The summed E-state index contributed by atoms with van der Waals surface area (Å²) < 4.78 is 25.0. The third-order valence-electron chi connectivity index (χ3n) is 3.23. The highest BCUT2D eigenvalue weighted by Gasteiger charge is 2.20. The lowest BCUT2D eigenvalue weighted by atomic mass is 10.0. The van der Waals surface area contributed by atoms with Crippen LogP contribution < -0.4 is 5.32 Å². The Bertz CT molecular complexity index is 575. The zero-order chi connectivity index (χ0) is 15.6. The number of carbonyl (C=O) groups is 1. The van der Waals surface area contributed by atoms with Gasteiger partial charge in [0.15, 0.2) is 0 Å². The number of sulfonamides is 1. The molecule has 0 bridgehead atoms. The van der Waals surface area contributed by atoms with Crippen LogP contribution in [0, 0.1) is 0 Å². The van der Waals surface area contributed by atoms with Gasteiger partial charge in [0.2, 0.25) is 10.0 Å². The largest absolute Gasteiger partial charge is 0.347 e. The maximum atomic E-state index is 12.0. The van der Waals surface area contributed by atoms with Crippen LogP contribution in [0.4, 0.5) is 0 Å². The van der Waals surface area contributed by atoms with Crippen molar-refractivity contribution in [2.24, 2.45) is 0 Å². The van der Waals surface area contributed by atoms with Crippen LogP contribution in [-0.2, 0) is 10.0 Å². The summed E-state index contributed by atoms with van der Waals surface area (Å²) in [6.07, 6.45) is 0.811. The highest BCUT2D eigenvalue weighted by atomic mass is 32.2. The smallest absolute Gasteiger partial charge is 0.251 e. The number of rotatable bonds is 5. The number of nitrogens with one attached hydrogen (secondary N) is 1. The number of amides is 1. The van der Waals surface area contributed by atoms with Crippen molar-refractivity contribution in [3.63, 3.8) is 0 Å². The molecule has 1 amide bonds. The van der Waals surface area contributed by atoms with Crippen LogP contribution >= 0.6 is 0 Å². The molecule has 1 N–H and O–H groups in total. The van der Waals surface area contributed by atoms with E-state index in [0.717, 1.165) is 10.7 Å². The average Bonchev–Trinajstić information content (AvgIpc) is 2.38. The molecule has 0 aliphatic rings. The van der Waals surface area contributed by atoms with Gasteiger partial charge in [-0.05, 0) is 44.5 Å². The molecule has 1 aromatic rings. The van der Waals surface area contributed by atoms with Crippen LogP contribution in [0.15, 0.2) is 29.2 Å². The predicted octanol–water partition coefficient (Wildman–Crippen LogP) is 1.86. The quantitative estimate of drug-likeness (QED) is 0.902. The van der Waals surface area contributed by atoms with Crippen LogP contribution in [0.2, 0.25) is 0 Å². The Morgan fingerprint density at radius 1 is 1.20 bits per heavy atom. The van der Waals surface area contributed by atoms with Gasteiger partial charge >= 0.3 is 0 Å². The van der Waals surface area contributed by atoms with E-state index in [4.69, 9.17) is 0 Å². The molecule has 0 unspecified atom stereocenters. The maximum absolute atomic E-state index is 12.0. The molecule has 6 heteroatoms. The standard InChI is InChI=1S/C14H22N2O3S/c1-6-14(2,3)15-13(17)11-7-9-12(10-8-11)20(18,19)16(4)5/h7-10H,6H2,1-5H3,(H,15,17). The molecule has 5 nitrogen and oxygen atoms in total. The predicted molar refractivity (Wildman–Crippen MR) is 79.2 cm³/mol. The minimum atomic E-state index is -3.46. The Balaban J connectivity index is 2.96. The fourth-order valence-electron chi connectivity index (χ4n) is 1.46. The second kappa shape index (κ2) is 5.93. The molecular formula is C14H22N2O3S. The van der Waals surface area contributed by atoms with E-state index in [9.17, 15) is 13.2 Å². The lowest BCUT2D eigenvalue weighted by Crippen LogP contribution is -2.42. The van der Waals surface area contributed by atoms with Gasteiger partial charge in [-0.15, -0.1) is 0 Å².